The second-order valence-electron chi connectivity index (χ2n) is 6.47. The number of hydrogen-bond acceptors (Lipinski definition) is 4. The summed E-state index contributed by atoms with van der Waals surface area (Å²) in [6, 6.07) is 12.7. The van der Waals surface area contributed by atoms with Gasteiger partial charge in [0, 0.05) is 12.6 Å². The van der Waals surface area contributed by atoms with Gasteiger partial charge in [-0.1, -0.05) is 44.0 Å². The van der Waals surface area contributed by atoms with Crippen LogP contribution >= 0.6 is 0 Å². The Balaban J connectivity index is 1.87. The molecular formula is C23H29NO4. The molecule has 0 spiro atoms. The number of carbonyl (C=O) groups is 1. The molecule has 0 aliphatic carbocycles. The van der Waals surface area contributed by atoms with E-state index < -0.39 is 0 Å². The summed E-state index contributed by atoms with van der Waals surface area (Å²) in [5, 5.41) is 12.6. The number of nitrogens with one attached hydrogen (secondary N) is 1. The predicted octanol–water partition coefficient (Wildman–Crippen LogP) is 4.34. The SMILES string of the molecule is CCCCCOc1cc(/C=C/C(=O)NCCc2ccccc2O)ccc1OC. The first-order valence-electron chi connectivity index (χ1n) is 9.67. The maximum Gasteiger partial charge on any atom is 0.244 e. The third-order valence-corrected chi connectivity index (χ3v) is 4.31. The van der Waals surface area contributed by atoms with Gasteiger partial charge < -0.3 is 19.9 Å². The van der Waals surface area contributed by atoms with Gasteiger partial charge in [0.05, 0.1) is 13.7 Å². The molecule has 1 amide bonds. The number of phenolic OH excluding ortho intramolecular Hbond substituents is 1. The quantitative estimate of drug-likeness (QED) is 0.447. The molecule has 0 bridgehead atoms. The molecule has 2 rings (SSSR count). The average Bonchev–Trinajstić information content (AvgIpc) is 2.71. The number of carbonyl (C=O) groups excluding carboxylic acids is 1. The molecule has 0 atom stereocenters. The maximum absolute atomic E-state index is 12.0. The lowest BCUT2D eigenvalue weighted by Gasteiger charge is -2.11. The summed E-state index contributed by atoms with van der Waals surface area (Å²) >= 11 is 0. The zero-order valence-electron chi connectivity index (χ0n) is 16.6. The lowest BCUT2D eigenvalue weighted by atomic mass is 10.1. The second kappa shape index (κ2) is 11.7. The number of unbranched alkanes of at least 4 members (excludes halogenated alkanes) is 2. The topological polar surface area (TPSA) is 67.8 Å². The van der Waals surface area contributed by atoms with E-state index in [-0.39, 0.29) is 11.7 Å². The van der Waals surface area contributed by atoms with Crippen molar-refractivity contribution in [3.8, 4) is 17.2 Å². The molecular weight excluding hydrogens is 354 g/mol. The molecule has 5 nitrogen and oxygen atoms in total. The molecule has 2 aromatic rings. The Hall–Kier alpha value is -2.95. The van der Waals surface area contributed by atoms with E-state index >= 15 is 0 Å². The van der Waals surface area contributed by atoms with E-state index in [1.54, 1.807) is 25.3 Å². The van der Waals surface area contributed by atoms with Crippen molar-refractivity contribution in [3.63, 3.8) is 0 Å². The first kappa shape index (κ1) is 21.4. The number of para-hydroxylation sites is 1. The van der Waals surface area contributed by atoms with Crippen LogP contribution in [0.15, 0.2) is 48.5 Å². The number of aromatic hydroxyl groups is 1. The molecule has 150 valence electrons. The van der Waals surface area contributed by atoms with Crippen LogP contribution in [0.4, 0.5) is 0 Å². The van der Waals surface area contributed by atoms with Gasteiger partial charge in [0.15, 0.2) is 11.5 Å². The zero-order valence-corrected chi connectivity index (χ0v) is 16.6. The van der Waals surface area contributed by atoms with Crippen LogP contribution in [0.3, 0.4) is 0 Å². The summed E-state index contributed by atoms with van der Waals surface area (Å²) < 4.78 is 11.2. The van der Waals surface area contributed by atoms with Crippen LogP contribution < -0.4 is 14.8 Å². The van der Waals surface area contributed by atoms with Gasteiger partial charge >= 0.3 is 0 Å². The third-order valence-electron chi connectivity index (χ3n) is 4.31. The van der Waals surface area contributed by atoms with E-state index in [2.05, 4.69) is 12.2 Å². The number of rotatable bonds is 11. The molecule has 0 saturated heterocycles. The summed E-state index contributed by atoms with van der Waals surface area (Å²) in [7, 11) is 1.61. The summed E-state index contributed by atoms with van der Waals surface area (Å²) in [5.41, 5.74) is 1.67. The molecule has 2 N–H and O–H groups in total. The van der Waals surface area contributed by atoms with Gasteiger partial charge in [0.25, 0.3) is 0 Å². The van der Waals surface area contributed by atoms with E-state index in [1.807, 2.05) is 30.3 Å². The van der Waals surface area contributed by atoms with Crippen LogP contribution in [0.1, 0.15) is 37.3 Å². The molecule has 0 fully saturated rings. The van der Waals surface area contributed by atoms with Gasteiger partial charge in [-0.05, 0) is 48.2 Å². The van der Waals surface area contributed by atoms with E-state index in [4.69, 9.17) is 9.47 Å². The highest BCUT2D eigenvalue weighted by Gasteiger charge is 2.05. The van der Waals surface area contributed by atoms with Crippen molar-refractivity contribution in [2.24, 2.45) is 0 Å². The van der Waals surface area contributed by atoms with Crippen molar-refractivity contribution < 1.29 is 19.4 Å². The Bertz CT molecular complexity index is 786. The van der Waals surface area contributed by atoms with Crippen molar-refractivity contribution in [1.29, 1.82) is 0 Å². The molecule has 5 heteroatoms. The molecule has 0 aliphatic heterocycles. The molecule has 0 heterocycles. The maximum atomic E-state index is 12.0. The smallest absolute Gasteiger partial charge is 0.244 e. The highest BCUT2D eigenvalue weighted by molar-refractivity contribution is 5.91. The summed E-state index contributed by atoms with van der Waals surface area (Å²) in [5.74, 6) is 1.43. The zero-order chi connectivity index (χ0) is 20.2. The Labute approximate surface area is 167 Å². The summed E-state index contributed by atoms with van der Waals surface area (Å²) in [6.07, 6.45) is 7.08. The largest absolute Gasteiger partial charge is 0.508 e. The van der Waals surface area contributed by atoms with Crippen LogP contribution in [0.2, 0.25) is 0 Å². The molecule has 2 aromatic carbocycles. The van der Waals surface area contributed by atoms with Gasteiger partial charge in [-0.15, -0.1) is 0 Å². The third kappa shape index (κ3) is 6.99. The minimum atomic E-state index is -0.184. The molecule has 0 aromatic heterocycles. The molecule has 0 unspecified atom stereocenters. The van der Waals surface area contributed by atoms with Gasteiger partial charge in [-0.3, -0.25) is 4.79 Å². The van der Waals surface area contributed by atoms with Crippen molar-refractivity contribution in [2.45, 2.75) is 32.6 Å². The number of ether oxygens (including phenoxy) is 2. The van der Waals surface area contributed by atoms with Gasteiger partial charge in [-0.2, -0.15) is 0 Å². The summed E-state index contributed by atoms with van der Waals surface area (Å²) in [6.45, 7) is 3.25. The van der Waals surface area contributed by atoms with E-state index in [1.165, 1.54) is 6.08 Å². The van der Waals surface area contributed by atoms with Crippen LogP contribution in [-0.2, 0) is 11.2 Å². The molecule has 0 saturated carbocycles. The normalized spacial score (nSPS) is 10.8. The highest BCUT2D eigenvalue weighted by Crippen LogP contribution is 2.28. The van der Waals surface area contributed by atoms with Gasteiger partial charge in [0.1, 0.15) is 5.75 Å². The van der Waals surface area contributed by atoms with Crippen LogP contribution in [-0.4, -0.2) is 31.3 Å². The van der Waals surface area contributed by atoms with Crippen molar-refractivity contribution in [3.05, 3.63) is 59.7 Å². The second-order valence-corrected chi connectivity index (χ2v) is 6.47. The minimum absolute atomic E-state index is 0.184. The first-order valence-corrected chi connectivity index (χ1v) is 9.67. The van der Waals surface area contributed by atoms with E-state index in [9.17, 15) is 9.90 Å². The Morgan fingerprint density at radius 3 is 2.71 bits per heavy atom. The van der Waals surface area contributed by atoms with Crippen LogP contribution in [0.5, 0.6) is 17.2 Å². The number of amides is 1. The number of benzene rings is 2. The fourth-order valence-electron chi connectivity index (χ4n) is 2.72. The standard InChI is InChI=1S/C23H29NO4/c1-3-4-7-16-28-22-17-18(10-12-21(22)27-2)11-13-23(26)24-15-14-19-8-5-6-9-20(19)25/h5-6,8-13,17,25H,3-4,7,14-16H2,1-2H3,(H,24,26)/b13-11+. The molecule has 28 heavy (non-hydrogen) atoms. The van der Waals surface area contributed by atoms with Crippen molar-refractivity contribution in [2.75, 3.05) is 20.3 Å². The Kier molecular flexibility index (Phi) is 8.92. The number of phenols is 1. The van der Waals surface area contributed by atoms with Crippen molar-refractivity contribution in [1.82, 2.24) is 5.32 Å². The summed E-state index contributed by atoms with van der Waals surface area (Å²) in [4.78, 5) is 12.0. The van der Waals surface area contributed by atoms with Gasteiger partial charge in [0.2, 0.25) is 5.91 Å². The Morgan fingerprint density at radius 1 is 1.14 bits per heavy atom. The Morgan fingerprint density at radius 2 is 1.96 bits per heavy atom. The monoisotopic (exact) mass is 383 g/mol. The molecule has 0 aliphatic rings. The first-order chi connectivity index (χ1) is 13.6. The van der Waals surface area contributed by atoms with E-state index in [0.717, 1.165) is 30.4 Å². The number of methoxy groups -OCH3 is 1. The van der Waals surface area contributed by atoms with Crippen molar-refractivity contribution >= 4 is 12.0 Å². The number of hydrogen-bond donors (Lipinski definition) is 2. The lowest BCUT2D eigenvalue weighted by molar-refractivity contribution is -0.116. The van der Waals surface area contributed by atoms with Crippen LogP contribution in [0.25, 0.3) is 6.08 Å². The average molecular weight is 383 g/mol. The lowest BCUT2D eigenvalue weighted by Crippen LogP contribution is -2.23. The van der Waals surface area contributed by atoms with Crippen LogP contribution in [0, 0.1) is 0 Å². The fraction of sp³-hybridized carbons (Fsp3) is 0.348. The van der Waals surface area contributed by atoms with E-state index in [0.29, 0.717) is 31.1 Å². The highest BCUT2D eigenvalue weighted by atomic mass is 16.5. The fourth-order valence-corrected chi connectivity index (χ4v) is 2.72. The predicted molar refractivity (Wildman–Crippen MR) is 112 cm³/mol. The minimum Gasteiger partial charge on any atom is -0.508 e. The van der Waals surface area contributed by atoms with Gasteiger partial charge in [-0.25, -0.2) is 0 Å². The molecule has 0 radical (unpaired) electrons.